The van der Waals surface area contributed by atoms with Crippen molar-refractivity contribution in [2.45, 2.75) is 33.2 Å². The molecule has 1 atom stereocenters. The quantitative estimate of drug-likeness (QED) is 0.643. The molecule has 2 amide bonds. The van der Waals surface area contributed by atoms with Gasteiger partial charge in [0.25, 0.3) is 0 Å². The van der Waals surface area contributed by atoms with Crippen molar-refractivity contribution in [1.82, 2.24) is 10.3 Å². The van der Waals surface area contributed by atoms with Gasteiger partial charge in [-0.05, 0) is 23.8 Å². The average Bonchev–Trinajstić information content (AvgIpc) is 3.04. The summed E-state index contributed by atoms with van der Waals surface area (Å²) in [5.41, 5.74) is 2.13. The van der Waals surface area contributed by atoms with E-state index in [-0.39, 0.29) is 11.8 Å². The molecule has 1 heterocycles. The van der Waals surface area contributed by atoms with Crippen LogP contribution in [0.1, 0.15) is 26.3 Å². The molecular formula is C22H25N3O2. The number of carbonyl (C=O) groups is 2. The maximum Gasteiger partial charge on any atom is 0.247 e. The number of hydrogen-bond acceptors (Lipinski definition) is 2. The Morgan fingerprint density at radius 1 is 1.00 bits per heavy atom. The first-order valence-corrected chi connectivity index (χ1v) is 9.06. The lowest BCUT2D eigenvalue weighted by Crippen LogP contribution is -2.48. The van der Waals surface area contributed by atoms with Gasteiger partial charge in [0.2, 0.25) is 11.8 Å². The molecule has 0 bridgehead atoms. The normalized spacial score (nSPS) is 12.6. The van der Waals surface area contributed by atoms with E-state index in [9.17, 15) is 9.59 Å². The summed E-state index contributed by atoms with van der Waals surface area (Å²) in [4.78, 5) is 28.6. The number of anilines is 1. The lowest BCUT2D eigenvalue weighted by atomic mass is 9.94. The number of nitrogens with one attached hydrogen (secondary N) is 3. The first kappa shape index (κ1) is 18.7. The zero-order chi connectivity index (χ0) is 19.4. The fourth-order valence-electron chi connectivity index (χ4n) is 2.86. The third kappa shape index (κ3) is 4.56. The fourth-order valence-corrected chi connectivity index (χ4v) is 2.86. The van der Waals surface area contributed by atoms with Crippen LogP contribution in [0.2, 0.25) is 0 Å². The van der Waals surface area contributed by atoms with Crippen LogP contribution in [0.3, 0.4) is 0 Å². The number of rotatable bonds is 5. The first-order valence-electron chi connectivity index (χ1n) is 9.06. The van der Waals surface area contributed by atoms with Gasteiger partial charge in [-0.3, -0.25) is 9.59 Å². The van der Waals surface area contributed by atoms with E-state index in [1.54, 1.807) is 0 Å². The molecule has 5 heteroatoms. The van der Waals surface area contributed by atoms with Gasteiger partial charge in [0.15, 0.2) is 0 Å². The standard InChI is InChI=1S/C22H25N3O2/c1-22(2,3)21(27)25-19(20(26)24-16-9-5-4-6-10-16)13-15-14-23-18-12-8-7-11-17(15)18/h4-12,14,19,23H,13H2,1-3H3,(H,24,26)(H,25,27)/t19-/m0/s1. The number of benzene rings is 2. The molecule has 5 nitrogen and oxygen atoms in total. The summed E-state index contributed by atoms with van der Waals surface area (Å²) < 4.78 is 0. The summed E-state index contributed by atoms with van der Waals surface area (Å²) in [6.45, 7) is 5.50. The molecule has 27 heavy (non-hydrogen) atoms. The van der Waals surface area contributed by atoms with Crippen molar-refractivity contribution < 1.29 is 9.59 Å². The Balaban J connectivity index is 1.84. The summed E-state index contributed by atoms with van der Waals surface area (Å²) in [5.74, 6) is -0.389. The second kappa shape index (κ2) is 7.66. The summed E-state index contributed by atoms with van der Waals surface area (Å²) in [6, 6.07) is 16.5. The third-order valence-electron chi connectivity index (χ3n) is 4.44. The number of aromatic amines is 1. The smallest absolute Gasteiger partial charge is 0.247 e. The van der Waals surface area contributed by atoms with Gasteiger partial charge in [-0.25, -0.2) is 0 Å². The SMILES string of the molecule is CC(C)(C)C(=O)N[C@@H](Cc1c[nH]c2ccccc12)C(=O)Nc1ccccc1. The Bertz CT molecular complexity index is 939. The topological polar surface area (TPSA) is 74.0 Å². The van der Waals surface area contributed by atoms with E-state index in [1.165, 1.54) is 0 Å². The van der Waals surface area contributed by atoms with Crippen molar-refractivity contribution >= 4 is 28.4 Å². The second-order valence-electron chi connectivity index (χ2n) is 7.69. The Kier molecular flexibility index (Phi) is 5.31. The number of aromatic nitrogens is 1. The minimum Gasteiger partial charge on any atom is -0.361 e. The number of para-hydroxylation sites is 2. The maximum absolute atomic E-state index is 12.9. The minimum absolute atomic E-state index is 0.157. The van der Waals surface area contributed by atoms with E-state index in [4.69, 9.17) is 0 Å². The molecule has 0 saturated carbocycles. The van der Waals surface area contributed by atoms with Crippen LogP contribution in [0.5, 0.6) is 0 Å². The predicted octanol–water partition coefficient (Wildman–Crippen LogP) is 3.88. The van der Waals surface area contributed by atoms with E-state index in [0.29, 0.717) is 12.1 Å². The van der Waals surface area contributed by atoms with E-state index < -0.39 is 11.5 Å². The number of H-pyrrole nitrogens is 1. The molecule has 3 N–H and O–H groups in total. The van der Waals surface area contributed by atoms with Crippen LogP contribution in [0.4, 0.5) is 5.69 Å². The number of carbonyl (C=O) groups excluding carboxylic acids is 2. The zero-order valence-corrected chi connectivity index (χ0v) is 15.9. The van der Waals surface area contributed by atoms with Crippen molar-refractivity contribution in [3.05, 3.63) is 66.4 Å². The Morgan fingerprint density at radius 2 is 1.67 bits per heavy atom. The van der Waals surface area contributed by atoms with Gasteiger partial charge in [-0.15, -0.1) is 0 Å². The van der Waals surface area contributed by atoms with Crippen molar-refractivity contribution in [1.29, 1.82) is 0 Å². The van der Waals surface area contributed by atoms with Gasteiger partial charge >= 0.3 is 0 Å². The third-order valence-corrected chi connectivity index (χ3v) is 4.44. The molecule has 3 aromatic rings. The van der Waals surface area contributed by atoms with Crippen molar-refractivity contribution in [2.75, 3.05) is 5.32 Å². The van der Waals surface area contributed by atoms with Gasteiger partial charge in [-0.2, -0.15) is 0 Å². The number of fused-ring (bicyclic) bond motifs is 1. The molecule has 140 valence electrons. The van der Waals surface area contributed by atoms with E-state index in [2.05, 4.69) is 15.6 Å². The lowest BCUT2D eigenvalue weighted by molar-refractivity contribution is -0.132. The molecule has 0 unspecified atom stereocenters. The largest absolute Gasteiger partial charge is 0.361 e. The molecule has 0 fully saturated rings. The molecule has 0 spiro atoms. The van der Waals surface area contributed by atoms with E-state index >= 15 is 0 Å². The monoisotopic (exact) mass is 363 g/mol. The molecule has 2 aromatic carbocycles. The van der Waals surface area contributed by atoms with Crippen LogP contribution in [-0.4, -0.2) is 22.8 Å². The van der Waals surface area contributed by atoms with E-state index in [0.717, 1.165) is 16.5 Å². The molecule has 3 rings (SSSR count). The van der Waals surface area contributed by atoms with E-state index in [1.807, 2.05) is 81.6 Å². The predicted molar refractivity (Wildman–Crippen MR) is 108 cm³/mol. The van der Waals surface area contributed by atoms with Gasteiger partial charge < -0.3 is 15.6 Å². The fraction of sp³-hybridized carbons (Fsp3) is 0.273. The highest BCUT2D eigenvalue weighted by molar-refractivity contribution is 5.98. The van der Waals surface area contributed by atoms with Crippen LogP contribution in [-0.2, 0) is 16.0 Å². The molecule has 0 radical (unpaired) electrons. The van der Waals surface area contributed by atoms with Crippen LogP contribution in [0.15, 0.2) is 60.8 Å². The zero-order valence-electron chi connectivity index (χ0n) is 15.9. The number of hydrogen-bond donors (Lipinski definition) is 3. The lowest BCUT2D eigenvalue weighted by Gasteiger charge is -2.24. The summed E-state index contributed by atoms with van der Waals surface area (Å²) in [7, 11) is 0. The Morgan fingerprint density at radius 3 is 2.37 bits per heavy atom. The van der Waals surface area contributed by atoms with Crippen LogP contribution >= 0.6 is 0 Å². The van der Waals surface area contributed by atoms with Crippen molar-refractivity contribution in [3.63, 3.8) is 0 Å². The van der Waals surface area contributed by atoms with Gasteiger partial charge in [0, 0.05) is 34.6 Å². The molecule has 1 aromatic heterocycles. The maximum atomic E-state index is 12.9. The molecular weight excluding hydrogens is 338 g/mol. The van der Waals surface area contributed by atoms with Gasteiger partial charge in [0.1, 0.15) is 6.04 Å². The van der Waals surface area contributed by atoms with Crippen LogP contribution in [0.25, 0.3) is 10.9 Å². The van der Waals surface area contributed by atoms with Crippen LogP contribution in [0, 0.1) is 5.41 Å². The summed E-state index contributed by atoms with van der Waals surface area (Å²) in [6.07, 6.45) is 2.31. The van der Waals surface area contributed by atoms with Gasteiger partial charge in [0.05, 0.1) is 0 Å². The molecule has 0 saturated heterocycles. The highest BCUT2D eigenvalue weighted by atomic mass is 16.2. The Hall–Kier alpha value is -3.08. The highest BCUT2D eigenvalue weighted by Gasteiger charge is 2.28. The van der Waals surface area contributed by atoms with Crippen molar-refractivity contribution in [3.8, 4) is 0 Å². The summed E-state index contributed by atoms with van der Waals surface area (Å²) >= 11 is 0. The molecule has 0 aliphatic carbocycles. The number of amides is 2. The molecule has 0 aliphatic rings. The van der Waals surface area contributed by atoms with Crippen molar-refractivity contribution in [2.24, 2.45) is 5.41 Å². The molecule has 0 aliphatic heterocycles. The van der Waals surface area contributed by atoms with Gasteiger partial charge in [-0.1, -0.05) is 57.2 Å². The minimum atomic E-state index is -0.670. The second-order valence-corrected chi connectivity index (χ2v) is 7.69. The average molecular weight is 363 g/mol. The highest BCUT2D eigenvalue weighted by Crippen LogP contribution is 2.20. The van der Waals surface area contributed by atoms with Crippen LogP contribution < -0.4 is 10.6 Å². The Labute approximate surface area is 159 Å². The first-order chi connectivity index (χ1) is 12.8. The summed E-state index contributed by atoms with van der Waals surface area (Å²) in [5, 5.41) is 6.87.